The Morgan fingerprint density at radius 2 is 1.71 bits per heavy atom. The second kappa shape index (κ2) is 10.4. The molecule has 0 aliphatic rings. The Balaban J connectivity index is 1.62. The number of nitrogens with zero attached hydrogens (tertiary/aromatic N) is 2. The molecule has 0 saturated carbocycles. The van der Waals surface area contributed by atoms with Crippen LogP contribution in [-0.2, 0) is 17.8 Å². The first kappa shape index (κ1) is 22.1. The molecule has 0 radical (unpaired) electrons. The number of nitrogens with one attached hydrogen (secondary N) is 1. The minimum absolute atomic E-state index is 0.0485. The second-order valence-electron chi connectivity index (χ2n) is 7.33. The molecule has 0 aliphatic heterocycles. The van der Waals surface area contributed by atoms with Crippen LogP contribution in [0.5, 0.6) is 5.75 Å². The lowest BCUT2D eigenvalue weighted by atomic mass is 10.1. The Morgan fingerprint density at radius 1 is 1.00 bits per heavy atom. The van der Waals surface area contributed by atoms with E-state index in [4.69, 9.17) is 4.74 Å². The number of hydrogen-bond donors (Lipinski definition) is 1. The van der Waals surface area contributed by atoms with Crippen LogP contribution in [0.25, 0.3) is 5.69 Å². The summed E-state index contributed by atoms with van der Waals surface area (Å²) in [5.74, 6) is 0.381. The molecule has 0 unspecified atom stereocenters. The van der Waals surface area contributed by atoms with Crippen LogP contribution < -0.4 is 21.2 Å². The van der Waals surface area contributed by atoms with Crippen molar-refractivity contribution in [1.29, 1.82) is 0 Å². The van der Waals surface area contributed by atoms with Gasteiger partial charge in [0.2, 0.25) is 5.91 Å². The third-order valence-electron chi connectivity index (χ3n) is 4.91. The minimum atomic E-state index is -0.747. The summed E-state index contributed by atoms with van der Waals surface area (Å²) < 4.78 is 7.78. The number of ether oxygens (including phenoxy) is 1. The van der Waals surface area contributed by atoms with Gasteiger partial charge in [0.25, 0.3) is 0 Å². The number of aromatic nitrogens is 2. The van der Waals surface area contributed by atoms with Crippen LogP contribution in [0.4, 0.5) is 0 Å². The van der Waals surface area contributed by atoms with Gasteiger partial charge in [-0.1, -0.05) is 30.3 Å². The highest BCUT2D eigenvalue weighted by Gasteiger charge is 2.12. The molecule has 162 valence electrons. The van der Waals surface area contributed by atoms with Gasteiger partial charge in [-0.3, -0.25) is 23.5 Å². The minimum Gasteiger partial charge on any atom is -0.494 e. The van der Waals surface area contributed by atoms with E-state index in [1.54, 1.807) is 24.3 Å². The van der Waals surface area contributed by atoms with Gasteiger partial charge in [-0.05, 0) is 56.5 Å². The average molecular weight is 421 g/mol. The maximum Gasteiger partial charge on any atom is 0.320 e. The third-order valence-corrected chi connectivity index (χ3v) is 4.91. The van der Waals surface area contributed by atoms with Gasteiger partial charge in [-0.25, -0.2) is 0 Å². The summed E-state index contributed by atoms with van der Waals surface area (Å²) in [4.78, 5) is 37.4. The van der Waals surface area contributed by atoms with Crippen molar-refractivity contribution < 1.29 is 9.53 Å². The Labute approximate surface area is 180 Å². The Kier molecular flexibility index (Phi) is 7.43. The molecule has 3 aromatic rings. The number of carbonyl (C=O) groups is 1. The average Bonchev–Trinajstić information content (AvgIpc) is 2.77. The summed E-state index contributed by atoms with van der Waals surface area (Å²) in [6, 6.07) is 16.9. The lowest BCUT2D eigenvalue weighted by Gasteiger charge is -2.15. The van der Waals surface area contributed by atoms with E-state index in [0.29, 0.717) is 18.0 Å². The van der Waals surface area contributed by atoms with Crippen LogP contribution in [0.15, 0.2) is 76.6 Å². The fourth-order valence-corrected chi connectivity index (χ4v) is 3.28. The highest BCUT2D eigenvalue weighted by molar-refractivity contribution is 5.76. The van der Waals surface area contributed by atoms with Crippen molar-refractivity contribution >= 4 is 5.91 Å². The molecule has 1 N–H and O–H groups in total. The standard InChI is InChI=1S/C24H27N3O4/c1-3-31-21-13-11-20(12-14-21)27-16-15-26(23(29)24(27)30)17-22(28)25-18(2)9-10-19-7-5-4-6-8-19/h4-8,11-16,18H,3,9-10,17H2,1-2H3,(H,25,28)/t18-/m0/s1. The zero-order valence-corrected chi connectivity index (χ0v) is 17.8. The number of carbonyl (C=O) groups excluding carboxylic acids is 1. The number of rotatable bonds is 9. The van der Waals surface area contributed by atoms with Crippen LogP contribution in [0.1, 0.15) is 25.8 Å². The van der Waals surface area contributed by atoms with E-state index in [2.05, 4.69) is 5.32 Å². The zero-order valence-electron chi connectivity index (χ0n) is 17.8. The van der Waals surface area contributed by atoms with Gasteiger partial charge >= 0.3 is 11.1 Å². The van der Waals surface area contributed by atoms with Gasteiger partial charge < -0.3 is 10.1 Å². The Morgan fingerprint density at radius 3 is 2.39 bits per heavy atom. The molecule has 1 amide bonds. The molecule has 0 bridgehead atoms. The van der Waals surface area contributed by atoms with Crippen molar-refractivity contribution in [2.45, 2.75) is 39.3 Å². The van der Waals surface area contributed by atoms with Crippen molar-refractivity contribution in [2.24, 2.45) is 0 Å². The molecule has 0 fully saturated rings. The lowest BCUT2D eigenvalue weighted by molar-refractivity contribution is -0.122. The van der Waals surface area contributed by atoms with Crippen molar-refractivity contribution in [1.82, 2.24) is 14.5 Å². The monoisotopic (exact) mass is 421 g/mol. The van der Waals surface area contributed by atoms with Crippen molar-refractivity contribution in [2.75, 3.05) is 6.61 Å². The maximum absolute atomic E-state index is 12.5. The number of benzene rings is 2. The highest BCUT2D eigenvalue weighted by atomic mass is 16.5. The summed E-state index contributed by atoms with van der Waals surface area (Å²) in [6.45, 7) is 4.15. The van der Waals surface area contributed by atoms with Gasteiger partial charge in [0.15, 0.2) is 0 Å². The molecule has 7 heteroatoms. The molecule has 7 nitrogen and oxygen atoms in total. The van der Waals surface area contributed by atoms with Crippen LogP contribution in [0.3, 0.4) is 0 Å². The van der Waals surface area contributed by atoms with Crippen molar-refractivity contribution in [3.8, 4) is 11.4 Å². The SMILES string of the molecule is CCOc1ccc(-n2ccn(CC(=O)N[C@@H](C)CCc3ccccc3)c(=O)c2=O)cc1. The molecule has 1 atom stereocenters. The van der Waals surface area contributed by atoms with Gasteiger partial charge in [-0.2, -0.15) is 0 Å². The smallest absolute Gasteiger partial charge is 0.320 e. The molecule has 3 rings (SSSR count). The quantitative estimate of drug-likeness (QED) is 0.539. The fraction of sp³-hybridized carbons (Fsp3) is 0.292. The third kappa shape index (κ3) is 5.94. The van der Waals surface area contributed by atoms with E-state index in [9.17, 15) is 14.4 Å². The molecule has 0 saturated heterocycles. The predicted octanol–water partition coefficient (Wildman–Crippen LogP) is 2.54. The first-order valence-electron chi connectivity index (χ1n) is 10.4. The number of aryl methyl sites for hydroxylation is 1. The summed E-state index contributed by atoms with van der Waals surface area (Å²) in [5.41, 5.74) is 0.300. The first-order chi connectivity index (χ1) is 15.0. The lowest BCUT2D eigenvalue weighted by Crippen LogP contribution is -2.43. The Hall–Kier alpha value is -3.61. The van der Waals surface area contributed by atoms with Crippen molar-refractivity contribution in [3.05, 3.63) is 93.3 Å². The van der Waals surface area contributed by atoms with Gasteiger partial charge in [0, 0.05) is 24.1 Å². The summed E-state index contributed by atoms with van der Waals surface area (Å²) in [6.07, 6.45) is 4.57. The van der Waals surface area contributed by atoms with Gasteiger partial charge in [0.05, 0.1) is 6.61 Å². The van der Waals surface area contributed by atoms with E-state index in [0.717, 1.165) is 17.4 Å². The topological polar surface area (TPSA) is 82.3 Å². The molecule has 0 spiro atoms. The van der Waals surface area contributed by atoms with Crippen LogP contribution in [0, 0.1) is 0 Å². The van der Waals surface area contributed by atoms with Crippen molar-refractivity contribution in [3.63, 3.8) is 0 Å². The zero-order chi connectivity index (χ0) is 22.2. The predicted molar refractivity (Wildman–Crippen MR) is 120 cm³/mol. The molecular formula is C24H27N3O4. The molecular weight excluding hydrogens is 394 g/mol. The molecule has 2 aromatic carbocycles. The summed E-state index contributed by atoms with van der Waals surface area (Å²) >= 11 is 0. The Bertz CT molecular complexity index is 1120. The maximum atomic E-state index is 12.5. The van der Waals surface area contributed by atoms with Gasteiger partial charge in [-0.15, -0.1) is 0 Å². The number of amides is 1. The summed E-state index contributed by atoms with van der Waals surface area (Å²) in [5, 5.41) is 2.89. The molecule has 1 aromatic heterocycles. The van der Waals surface area contributed by atoms with Gasteiger partial charge in [0.1, 0.15) is 12.3 Å². The van der Waals surface area contributed by atoms with E-state index in [1.165, 1.54) is 22.5 Å². The van der Waals surface area contributed by atoms with Crippen LogP contribution >= 0.6 is 0 Å². The molecule has 1 heterocycles. The number of hydrogen-bond acceptors (Lipinski definition) is 4. The van der Waals surface area contributed by atoms with Crippen LogP contribution in [-0.4, -0.2) is 27.7 Å². The fourth-order valence-electron chi connectivity index (χ4n) is 3.28. The van der Waals surface area contributed by atoms with E-state index in [-0.39, 0.29) is 18.5 Å². The van der Waals surface area contributed by atoms with E-state index >= 15 is 0 Å². The van der Waals surface area contributed by atoms with Crippen LogP contribution in [0.2, 0.25) is 0 Å². The second-order valence-corrected chi connectivity index (χ2v) is 7.33. The normalized spacial score (nSPS) is 11.7. The van der Waals surface area contributed by atoms with E-state index < -0.39 is 11.1 Å². The molecule has 31 heavy (non-hydrogen) atoms. The molecule has 0 aliphatic carbocycles. The van der Waals surface area contributed by atoms with E-state index in [1.807, 2.05) is 44.2 Å². The largest absolute Gasteiger partial charge is 0.494 e. The summed E-state index contributed by atoms with van der Waals surface area (Å²) in [7, 11) is 0. The highest BCUT2D eigenvalue weighted by Crippen LogP contribution is 2.13. The first-order valence-corrected chi connectivity index (χ1v) is 10.4.